The van der Waals surface area contributed by atoms with Crippen molar-refractivity contribution in [3.63, 3.8) is 0 Å². The number of nitrogens with two attached hydrogens (primary N) is 1. The lowest BCUT2D eigenvalue weighted by Gasteiger charge is -2.07. The molecule has 0 unspecified atom stereocenters. The first-order chi connectivity index (χ1) is 7.22. The summed E-state index contributed by atoms with van der Waals surface area (Å²) in [5, 5.41) is 0. The second-order valence-electron chi connectivity index (χ2n) is 3.64. The lowest BCUT2D eigenvalue weighted by atomic mass is 10.2. The van der Waals surface area contributed by atoms with E-state index in [0.29, 0.717) is 30.8 Å². The van der Waals surface area contributed by atoms with Crippen molar-refractivity contribution < 1.29 is 4.74 Å². The maximum Gasteiger partial charge on any atom is 0.156 e. The summed E-state index contributed by atoms with van der Waals surface area (Å²) in [5.74, 6) is 1.76. The lowest BCUT2D eigenvalue weighted by molar-refractivity contribution is 0.128. The van der Waals surface area contributed by atoms with E-state index in [1.807, 2.05) is 6.92 Å². The van der Waals surface area contributed by atoms with Gasteiger partial charge in [0.15, 0.2) is 5.82 Å². The molecule has 0 radical (unpaired) electrons. The van der Waals surface area contributed by atoms with Crippen LogP contribution in [0.4, 0.5) is 5.82 Å². The SMILES string of the molecule is CCOCc1nc(N)c(Br)c(C2CC2)n1. The Morgan fingerprint density at radius 1 is 1.47 bits per heavy atom. The van der Waals surface area contributed by atoms with Crippen LogP contribution >= 0.6 is 15.9 Å². The van der Waals surface area contributed by atoms with Crippen LogP contribution in [0.1, 0.15) is 37.2 Å². The summed E-state index contributed by atoms with van der Waals surface area (Å²) in [6, 6.07) is 0. The summed E-state index contributed by atoms with van der Waals surface area (Å²) >= 11 is 3.43. The highest BCUT2D eigenvalue weighted by molar-refractivity contribution is 9.10. The highest BCUT2D eigenvalue weighted by atomic mass is 79.9. The molecule has 0 spiro atoms. The molecule has 1 aromatic rings. The molecule has 82 valence electrons. The van der Waals surface area contributed by atoms with Crippen molar-refractivity contribution in [3.05, 3.63) is 16.0 Å². The number of ether oxygens (including phenoxy) is 1. The van der Waals surface area contributed by atoms with Gasteiger partial charge in [0.05, 0.1) is 10.2 Å². The van der Waals surface area contributed by atoms with E-state index >= 15 is 0 Å². The summed E-state index contributed by atoms with van der Waals surface area (Å²) < 4.78 is 6.13. The Kier molecular flexibility index (Phi) is 3.21. The Labute approximate surface area is 97.4 Å². The molecule has 2 rings (SSSR count). The zero-order chi connectivity index (χ0) is 10.8. The Morgan fingerprint density at radius 3 is 2.80 bits per heavy atom. The summed E-state index contributed by atoms with van der Waals surface area (Å²) in [5.41, 5.74) is 6.84. The third-order valence-electron chi connectivity index (χ3n) is 2.35. The molecule has 15 heavy (non-hydrogen) atoms. The summed E-state index contributed by atoms with van der Waals surface area (Å²) in [7, 11) is 0. The van der Waals surface area contributed by atoms with Crippen LogP contribution in [0, 0.1) is 0 Å². The molecule has 4 nitrogen and oxygen atoms in total. The van der Waals surface area contributed by atoms with Gasteiger partial charge in [-0.3, -0.25) is 0 Å². The van der Waals surface area contributed by atoms with Crippen molar-refractivity contribution in [2.24, 2.45) is 0 Å². The molecule has 1 heterocycles. The number of hydrogen-bond donors (Lipinski definition) is 1. The molecule has 0 aliphatic heterocycles. The third kappa shape index (κ3) is 2.46. The maximum atomic E-state index is 5.81. The van der Waals surface area contributed by atoms with Crippen molar-refractivity contribution in [2.45, 2.75) is 32.3 Å². The van der Waals surface area contributed by atoms with E-state index in [9.17, 15) is 0 Å². The largest absolute Gasteiger partial charge is 0.383 e. The average molecular weight is 272 g/mol. The van der Waals surface area contributed by atoms with E-state index < -0.39 is 0 Å². The molecular formula is C10H14BrN3O. The Hall–Kier alpha value is -0.680. The number of hydrogen-bond acceptors (Lipinski definition) is 4. The van der Waals surface area contributed by atoms with E-state index in [4.69, 9.17) is 10.5 Å². The molecule has 0 bridgehead atoms. The third-order valence-corrected chi connectivity index (χ3v) is 3.16. The highest BCUT2D eigenvalue weighted by Crippen LogP contribution is 2.43. The molecule has 1 aliphatic rings. The van der Waals surface area contributed by atoms with Crippen molar-refractivity contribution >= 4 is 21.7 Å². The molecule has 1 saturated carbocycles. The number of anilines is 1. The summed E-state index contributed by atoms with van der Waals surface area (Å²) in [4.78, 5) is 8.65. The summed E-state index contributed by atoms with van der Waals surface area (Å²) in [6.45, 7) is 3.05. The van der Waals surface area contributed by atoms with Crippen LogP contribution in [0.5, 0.6) is 0 Å². The first-order valence-electron chi connectivity index (χ1n) is 5.12. The molecule has 1 fully saturated rings. The maximum absolute atomic E-state index is 5.81. The number of aromatic nitrogens is 2. The van der Waals surface area contributed by atoms with Gasteiger partial charge in [-0.25, -0.2) is 9.97 Å². The normalized spacial score (nSPS) is 15.6. The van der Waals surface area contributed by atoms with Gasteiger partial charge < -0.3 is 10.5 Å². The summed E-state index contributed by atoms with van der Waals surface area (Å²) in [6.07, 6.45) is 2.40. The number of halogens is 1. The molecule has 2 N–H and O–H groups in total. The Bertz CT molecular complexity index is 366. The second-order valence-corrected chi connectivity index (χ2v) is 4.43. The first kappa shape index (κ1) is 10.8. The predicted molar refractivity (Wildman–Crippen MR) is 61.4 cm³/mol. The first-order valence-corrected chi connectivity index (χ1v) is 5.91. The topological polar surface area (TPSA) is 61.0 Å². The second kappa shape index (κ2) is 4.45. The van der Waals surface area contributed by atoms with E-state index in [-0.39, 0.29) is 0 Å². The smallest absolute Gasteiger partial charge is 0.156 e. The van der Waals surface area contributed by atoms with Crippen LogP contribution in [0.3, 0.4) is 0 Å². The zero-order valence-electron chi connectivity index (χ0n) is 8.66. The zero-order valence-corrected chi connectivity index (χ0v) is 10.2. The standard InChI is InChI=1S/C10H14BrN3O/c1-2-15-5-7-13-9(6-3-4-6)8(11)10(12)14-7/h6H,2-5H2,1H3,(H2,12,13,14). The predicted octanol–water partition coefficient (Wildman–Crippen LogP) is 2.24. The van der Waals surface area contributed by atoms with Crippen LogP contribution in [-0.4, -0.2) is 16.6 Å². The van der Waals surface area contributed by atoms with Crippen LogP contribution in [0.15, 0.2) is 4.47 Å². The van der Waals surface area contributed by atoms with Gasteiger partial charge in [0.25, 0.3) is 0 Å². The minimum absolute atomic E-state index is 0.438. The molecule has 1 aromatic heterocycles. The van der Waals surface area contributed by atoms with Gasteiger partial charge in [-0.1, -0.05) is 0 Å². The molecule has 5 heteroatoms. The van der Waals surface area contributed by atoms with Gasteiger partial charge >= 0.3 is 0 Å². The van der Waals surface area contributed by atoms with Crippen LogP contribution in [0.25, 0.3) is 0 Å². The molecule has 0 atom stereocenters. The molecule has 0 amide bonds. The number of rotatable bonds is 4. The monoisotopic (exact) mass is 271 g/mol. The van der Waals surface area contributed by atoms with E-state index in [1.54, 1.807) is 0 Å². The Balaban J connectivity index is 2.24. The fourth-order valence-electron chi connectivity index (χ4n) is 1.42. The van der Waals surface area contributed by atoms with Gasteiger partial charge in [-0.2, -0.15) is 0 Å². The molecule has 0 saturated heterocycles. The minimum atomic E-state index is 0.438. The van der Waals surface area contributed by atoms with Crippen molar-refractivity contribution in [1.82, 2.24) is 9.97 Å². The van der Waals surface area contributed by atoms with Crippen molar-refractivity contribution in [1.29, 1.82) is 0 Å². The van der Waals surface area contributed by atoms with Crippen LogP contribution in [0.2, 0.25) is 0 Å². The Morgan fingerprint density at radius 2 is 2.20 bits per heavy atom. The van der Waals surface area contributed by atoms with Gasteiger partial charge in [0.1, 0.15) is 12.4 Å². The van der Waals surface area contributed by atoms with Gasteiger partial charge in [-0.05, 0) is 35.7 Å². The van der Waals surface area contributed by atoms with Crippen molar-refractivity contribution in [3.8, 4) is 0 Å². The van der Waals surface area contributed by atoms with Crippen LogP contribution < -0.4 is 5.73 Å². The lowest BCUT2D eigenvalue weighted by Crippen LogP contribution is -2.06. The van der Waals surface area contributed by atoms with Gasteiger partial charge in [-0.15, -0.1) is 0 Å². The molecule has 0 aromatic carbocycles. The quantitative estimate of drug-likeness (QED) is 0.913. The number of nitrogens with zero attached hydrogens (tertiary/aromatic N) is 2. The minimum Gasteiger partial charge on any atom is -0.383 e. The highest BCUT2D eigenvalue weighted by Gasteiger charge is 2.28. The van der Waals surface area contributed by atoms with E-state index in [2.05, 4.69) is 25.9 Å². The molecular weight excluding hydrogens is 258 g/mol. The fraction of sp³-hybridized carbons (Fsp3) is 0.600. The fourth-order valence-corrected chi connectivity index (χ4v) is 1.92. The van der Waals surface area contributed by atoms with Crippen molar-refractivity contribution in [2.75, 3.05) is 12.3 Å². The van der Waals surface area contributed by atoms with Gasteiger partial charge in [0, 0.05) is 12.5 Å². The van der Waals surface area contributed by atoms with E-state index in [1.165, 1.54) is 12.8 Å². The van der Waals surface area contributed by atoms with E-state index in [0.717, 1.165) is 10.2 Å². The molecule has 1 aliphatic carbocycles. The van der Waals surface area contributed by atoms with Gasteiger partial charge in [0.2, 0.25) is 0 Å². The average Bonchev–Trinajstić information content (AvgIpc) is 3.03. The number of nitrogen functional groups attached to an aromatic ring is 1. The van der Waals surface area contributed by atoms with Crippen LogP contribution in [-0.2, 0) is 11.3 Å².